The molecule has 0 unspecified atom stereocenters. The molecule has 1 aromatic heterocycles. The van der Waals surface area contributed by atoms with E-state index in [1.807, 2.05) is 30.3 Å². The molecular formula is C24H20F3N3O2. The quantitative estimate of drug-likeness (QED) is 0.662. The van der Waals surface area contributed by atoms with Gasteiger partial charge in [-0.25, -0.2) is 4.98 Å². The molecule has 2 aromatic carbocycles. The van der Waals surface area contributed by atoms with E-state index >= 15 is 0 Å². The van der Waals surface area contributed by atoms with Gasteiger partial charge in [-0.05, 0) is 29.3 Å². The minimum Gasteiger partial charge on any atom is -0.347 e. The van der Waals surface area contributed by atoms with E-state index in [-0.39, 0.29) is 30.3 Å². The van der Waals surface area contributed by atoms with Gasteiger partial charge in [0.25, 0.3) is 11.8 Å². The Balaban J connectivity index is 1.46. The molecule has 0 saturated carbocycles. The van der Waals surface area contributed by atoms with E-state index in [1.165, 1.54) is 23.1 Å². The number of benzene rings is 2. The van der Waals surface area contributed by atoms with Gasteiger partial charge in [0.2, 0.25) is 0 Å². The summed E-state index contributed by atoms with van der Waals surface area (Å²) in [6.07, 6.45) is -4.25. The van der Waals surface area contributed by atoms with Crippen molar-refractivity contribution in [3.8, 4) is 0 Å². The van der Waals surface area contributed by atoms with Crippen LogP contribution in [0.1, 0.15) is 43.2 Å². The molecule has 3 aromatic rings. The lowest BCUT2D eigenvalue weighted by Crippen LogP contribution is -2.37. The summed E-state index contributed by atoms with van der Waals surface area (Å²) in [4.78, 5) is 31.1. The lowest BCUT2D eigenvalue weighted by atomic mass is 10.0. The van der Waals surface area contributed by atoms with E-state index in [0.29, 0.717) is 24.2 Å². The summed E-state index contributed by atoms with van der Waals surface area (Å²) in [5, 5.41) is 2.82. The third-order valence-corrected chi connectivity index (χ3v) is 5.33. The number of aromatic nitrogens is 1. The number of hydrogen-bond acceptors (Lipinski definition) is 3. The van der Waals surface area contributed by atoms with Crippen LogP contribution >= 0.6 is 0 Å². The van der Waals surface area contributed by atoms with Crippen molar-refractivity contribution in [1.82, 2.24) is 15.2 Å². The maximum absolute atomic E-state index is 13.3. The molecule has 1 N–H and O–H groups in total. The van der Waals surface area contributed by atoms with Gasteiger partial charge in [-0.15, -0.1) is 0 Å². The summed E-state index contributed by atoms with van der Waals surface area (Å²) in [5.41, 5.74) is 1.31. The summed E-state index contributed by atoms with van der Waals surface area (Å²) in [7, 11) is 0. The largest absolute Gasteiger partial charge is 0.417 e. The third-order valence-electron chi connectivity index (χ3n) is 5.33. The average molecular weight is 439 g/mol. The minimum absolute atomic E-state index is 0.138. The van der Waals surface area contributed by atoms with E-state index in [9.17, 15) is 22.8 Å². The number of halogens is 3. The second-order valence-electron chi connectivity index (χ2n) is 7.49. The number of alkyl halides is 3. The Morgan fingerprint density at radius 3 is 2.44 bits per heavy atom. The van der Waals surface area contributed by atoms with Gasteiger partial charge >= 0.3 is 6.18 Å². The minimum atomic E-state index is -4.61. The van der Waals surface area contributed by atoms with Crippen LogP contribution in [0.5, 0.6) is 0 Å². The van der Waals surface area contributed by atoms with Gasteiger partial charge in [-0.3, -0.25) is 9.59 Å². The second-order valence-corrected chi connectivity index (χ2v) is 7.49. The van der Waals surface area contributed by atoms with Crippen molar-refractivity contribution in [3.05, 3.63) is 100 Å². The molecule has 2 amide bonds. The summed E-state index contributed by atoms with van der Waals surface area (Å²) < 4.78 is 39.9. The first-order valence-corrected chi connectivity index (χ1v) is 10.1. The zero-order valence-electron chi connectivity index (χ0n) is 17.0. The van der Waals surface area contributed by atoms with Gasteiger partial charge in [-0.1, -0.05) is 48.5 Å². The Labute approximate surface area is 182 Å². The van der Waals surface area contributed by atoms with Crippen LogP contribution in [0.25, 0.3) is 0 Å². The van der Waals surface area contributed by atoms with E-state index in [4.69, 9.17) is 0 Å². The molecule has 8 heteroatoms. The Bertz CT molecular complexity index is 1150. The normalized spacial score (nSPS) is 13.4. The smallest absolute Gasteiger partial charge is 0.347 e. The molecular weight excluding hydrogens is 419 g/mol. The van der Waals surface area contributed by atoms with E-state index in [0.717, 1.165) is 11.6 Å². The van der Waals surface area contributed by atoms with Crippen molar-refractivity contribution < 1.29 is 22.8 Å². The average Bonchev–Trinajstić information content (AvgIpc) is 2.81. The second kappa shape index (κ2) is 8.82. The Kier molecular flexibility index (Phi) is 5.94. The zero-order valence-corrected chi connectivity index (χ0v) is 17.0. The Morgan fingerprint density at radius 1 is 0.969 bits per heavy atom. The summed E-state index contributed by atoms with van der Waals surface area (Å²) in [5.74, 6) is -0.984. The fourth-order valence-corrected chi connectivity index (χ4v) is 3.67. The summed E-state index contributed by atoms with van der Waals surface area (Å²) >= 11 is 0. The monoisotopic (exact) mass is 439 g/mol. The van der Waals surface area contributed by atoms with Crippen LogP contribution in [0.4, 0.5) is 13.2 Å². The van der Waals surface area contributed by atoms with Crippen LogP contribution in [-0.4, -0.2) is 28.2 Å². The first-order chi connectivity index (χ1) is 15.3. The van der Waals surface area contributed by atoms with Gasteiger partial charge in [0.15, 0.2) is 0 Å². The topological polar surface area (TPSA) is 62.3 Å². The van der Waals surface area contributed by atoms with Gasteiger partial charge in [0.1, 0.15) is 5.69 Å². The van der Waals surface area contributed by atoms with Crippen LogP contribution in [0, 0.1) is 0 Å². The maximum atomic E-state index is 13.3. The van der Waals surface area contributed by atoms with Crippen molar-refractivity contribution >= 4 is 11.8 Å². The van der Waals surface area contributed by atoms with Crippen LogP contribution in [0.2, 0.25) is 0 Å². The standard InChI is InChI=1S/C24H20F3N3O2/c25-24(26,27)19-9-5-4-8-18(19)23(32)30-13-12-20-17(15-30)10-11-21(29-20)22(31)28-14-16-6-2-1-3-7-16/h1-11H,12-15H2,(H,28,31). The van der Waals surface area contributed by atoms with Gasteiger partial charge in [0.05, 0.1) is 11.1 Å². The van der Waals surface area contributed by atoms with E-state index < -0.39 is 17.6 Å². The third kappa shape index (κ3) is 4.64. The highest BCUT2D eigenvalue weighted by Crippen LogP contribution is 2.33. The number of pyridine rings is 1. The molecule has 0 saturated heterocycles. The first-order valence-electron chi connectivity index (χ1n) is 10.1. The van der Waals surface area contributed by atoms with Gasteiger partial charge in [0, 0.05) is 31.7 Å². The van der Waals surface area contributed by atoms with Crippen LogP contribution in [0.15, 0.2) is 66.7 Å². The molecule has 0 spiro atoms. The molecule has 4 rings (SSSR count). The van der Waals surface area contributed by atoms with Crippen molar-refractivity contribution in [2.75, 3.05) is 6.54 Å². The summed E-state index contributed by atoms with van der Waals surface area (Å²) in [6, 6.07) is 17.5. The van der Waals surface area contributed by atoms with Crippen molar-refractivity contribution in [2.45, 2.75) is 25.7 Å². The fraction of sp³-hybridized carbons (Fsp3) is 0.208. The highest BCUT2D eigenvalue weighted by Gasteiger charge is 2.36. The molecule has 1 aliphatic heterocycles. The van der Waals surface area contributed by atoms with Gasteiger partial charge < -0.3 is 10.2 Å². The number of fused-ring (bicyclic) bond motifs is 1. The Morgan fingerprint density at radius 2 is 1.69 bits per heavy atom. The molecule has 0 fully saturated rings. The van der Waals surface area contributed by atoms with Crippen LogP contribution < -0.4 is 5.32 Å². The molecule has 5 nitrogen and oxygen atoms in total. The number of hydrogen-bond donors (Lipinski definition) is 1. The SMILES string of the molecule is O=C(NCc1ccccc1)c1ccc2c(n1)CCN(C(=O)c1ccccc1C(F)(F)F)C2. The van der Waals surface area contributed by atoms with Crippen molar-refractivity contribution in [3.63, 3.8) is 0 Å². The number of nitrogens with one attached hydrogen (secondary N) is 1. The predicted molar refractivity (Wildman–Crippen MR) is 112 cm³/mol. The first kappa shape index (κ1) is 21.5. The van der Waals surface area contributed by atoms with Crippen LogP contribution in [0.3, 0.4) is 0 Å². The van der Waals surface area contributed by atoms with E-state index in [1.54, 1.807) is 12.1 Å². The van der Waals surface area contributed by atoms with Crippen molar-refractivity contribution in [1.29, 1.82) is 0 Å². The summed E-state index contributed by atoms with van der Waals surface area (Å²) in [6.45, 7) is 0.735. The maximum Gasteiger partial charge on any atom is 0.417 e. The molecule has 0 bridgehead atoms. The zero-order chi connectivity index (χ0) is 22.7. The molecule has 32 heavy (non-hydrogen) atoms. The van der Waals surface area contributed by atoms with Gasteiger partial charge in [-0.2, -0.15) is 13.2 Å². The highest BCUT2D eigenvalue weighted by molar-refractivity contribution is 5.96. The molecule has 0 atom stereocenters. The molecule has 0 aliphatic carbocycles. The highest BCUT2D eigenvalue weighted by atomic mass is 19.4. The number of nitrogens with zero attached hydrogens (tertiary/aromatic N) is 2. The molecule has 2 heterocycles. The number of amides is 2. The number of carbonyl (C=O) groups excluding carboxylic acids is 2. The number of rotatable bonds is 4. The molecule has 164 valence electrons. The molecule has 0 radical (unpaired) electrons. The predicted octanol–water partition coefficient (Wildman–Crippen LogP) is 4.23. The Hall–Kier alpha value is -3.68. The fourth-order valence-electron chi connectivity index (χ4n) is 3.67. The van der Waals surface area contributed by atoms with Crippen molar-refractivity contribution in [2.24, 2.45) is 0 Å². The lowest BCUT2D eigenvalue weighted by Gasteiger charge is -2.29. The van der Waals surface area contributed by atoms with E-state index in [2.05, 4.69) is 10.3 Å². The van der Waals surface area contributed by atoms with Crippen LogP contribution in [-0.2, 0) is 25.7 Å². The number of carbonyl (C=O) groups is 2. The lowest BCUT2D eigenvalue weighted by molar-refractivity contribution is -0.138. The molecule has 1 aliphatic rings.